The van der Waals surface area contributed by atoms with Crippen molar-refractivity contribution < 1.29 is 4.52 Å². The zero-order chi connectivity index (χ0) is 12.0. The van der Waals surface area contributed by atoms with Gasteiger partial charge in [-0.05, 0) is 25.0 Å². The number of nitrogens with two attached hydrogens (primary N) is 1. The Hall–Kier alpha value is -0.550. The number of nitrogens with zero attached hydrogens (tertiary/aromatic N) is 2. The fourth-order valence-corrected chi connectivity index (χ4v) is 1.87. The molecule has 1 unspecified atom stereocenters. The van der Waals surface area contributed by atoms with E-state index in [4.69, 9.17) is 10.3 Å². The van der Waals surface area contributed by atoms with Gasteiger partial charge in [-0.25, -0.2) is 0 Å². The second-order valence-corrected chi connectivity index (χ2v) is 5.90. The first-order valence-electron chi connectivity index (χ1n) is 5.76. The van der Waals surface area contributed by atoms with Crippen molar-refractivity contribution in [2.24, 2.45) is 5.73 Å². The van der Waals surface area contributed by atoms with E-state index in [0.29, 0.717) is 5.25 Å². The van der Waals surface area contributed by atoms with Crippen molar-refractivity contribution in [3.05, 3.63) is 11.7 Å². The fraction of sp³-hybridized carbons (Fsp3) is 0.818. The first kappa shape index (κ1) is 13.5. The van der Waals surface area contributed by atoms with E-state index in [2.05, 4.69) is 24.0 Å². The van der Waals surface area contributed by atoms with E-state index < -0.39 is 0 Å². The van der Waals surface area contributed by atoms with Gasteiger partial charge < -0.3 is 10.3 Å². The number of hydrogen-bond acceptors (Lipinski definition) is 5. The van der Waals surface area contributed by atoms with Crippen molar-refractivity contribution in [1.29, 1.82) is 0 Å². The molecule has 0 saturated carbocycles. The summed E-state index contributed by atoms with van der Waals surface area (Å²) in [6, 6.07) is 0.249. The molecule has 1 aromatic heterocycles. The third-order valence-electron chi connectivity index (χ3n) is 2.11. The topological polar surface area (TPSA) is 64.9 Å². The molecule has 0 aromatic carbocycles. The Bertz CT molecular complexity index is 299. The zero-order valence-corrected chi connectivity index (χ0v) is 11.1. The highest BCUT2D eigenvalue weighted by molar-refractivity contribution is 7.99. The SMILES string of the molecule is CC(N)CCCc1nc(CSC(C)C)no1. The summed E-state index contributed by atoms with van der Waals surface area (Å²) >= 11 is 1.82. The van der Waals surface area contributed by atoms with Crippen LogP contribution in [-0.2, 0) is 12.2 Å². The summed E-state index contributed by atoms with van der Waals surface area (Å²) < 4.78 is 5.16. The van der Waals surface area contributed by atoms with Crippen LogP contribution in [-0.4, -0.2) is 21.4 Å². The van der Waals surface area contributed by atoms with Crippen LogP contribution < -0.4 is 5.73 Å². The van der Waals surface area contributed by atoms with Gasteiger partial charge in [-0.2, -0.15) is 16.7 Å². The predicted octanol–water partition coefficient (Wildman–Crippen LogP) is 2.38. The Kier molecular flexibility index (Phi) is 5.84. The number of hydrogen-bond donors (Lipinski definition) is 1. The average molecular weight is 243 g/mol. The molecule has 4 nitrogen and oxygen atoms in total. The van der Waals surface area contributed by atoms with E-state index in [1.165, 1.54) is 0 Å². The predicted molar refractivity (Wildman–Crippen MR) is 67.3 cm³/mol. The molecular weight excluding hydrogens is 222 g/mol. The second-order valence-electron chi connectivity index (χ2n) is 4.33. The molecular formula is C11H21N3OS. The smallest absolute Gasteiger partial charge is 0.226 e. The van der Waals surface area contributed by atoms with E-state index >= 15 is 0 Å². The molecule has 1 atom stereocenters. The van der Waals surface area contributed by atoms with E-state index in [-0.39, 0.29) is 6.04 Å². The van der Waals surface area contributed by atoms with Gasteiger partial charge >= 0.3 is 0 Å². The largest absolute Gasteiger partial charge is 0.339 e. The highest BCUT2D eigenvalue weighted by Gasteiger charge is 2.07. The Morgan fingerprint density at radius 2 is 2.12 bits per heavy atom. The molecule has 0 amide bonds. The van der Waals surface area contributed by atoms with Crippen LogP contribution in [0.1, 0.15) is 45.3 Å². The Morgan fingerprint density at radius 1 is 1.38 bits per heavy atom. The Morgan fingerprint density at radius 3 is 2.75 bits per heavy atom. The molecule has 2 N–H and O–H groups in total. The van der Waals surface area contributed by atoms with Crippen LogP contribution in [0.5, 0.6) is 0 Å². The summed E-state index contributed by atoms with van der Waals surface area (Å²) in [5.74, 6) is 2.36. The van der Waals surface area contributed by atoms with Crippen LogP contribution in [0.25, 0.3) is 0 Å². The molecule has 0 fully saturated rings. The van der Waals surface area contributed by atoms with Crippen molar-refractivity contribution in [1.82, 2.24) is 10.1 Å². The summed E-state index contributed by atoms with van der Waals surface area (Å²) in [5.41, 5.74) is 5.67. The standard InChI is InChI=1S/C11H21N3OS/c1-8(2)16-7-10-13-11(15-14-10)6-4-5-9(3)12/h8-9H,4-7,12H2,1-3H3. The van der Waals surface area contributed by atoms with Gasteiger partial charge in [-0.3, -0.25) is 0 Å². The third-order valence-corrected chi connectivity index (χ3v) is 3.20. The lowest BCUT2D eigenvalue weighted by Gasteiger charge is -2.01. The lowest BCUT2D eigenvalue weighted by Crippen LogP contribution is -2.14. The first-order chi connectivity index (χ1) is 7.58. The summed E-state index contributed by atoms with van der Waals surface area (Å²) in [7, 11) is 0. The lowest BCUT2D eigenvalue weighted by molar-refractivity contribution is 0.369. The average Bonchev–Trinajstić information content (AvgIpc) is 2.62. The number of rotatable bonds is 7. The van der Waals surface area contributed by atoms with Crippen molar-refractivity contribution in [2.45, 2.75) is 57.1 Å². The highest BCUT2D eigenvalue weighted by atomic mass is 32.2. The van der Waals surface area contributed by atoms with Crippen molar-refractivity contribution in [3.8, 4) is 0 Å². The van der Waals surface area contributed by atoms with Crippen LogP contribution in [0.3, 0.4) is 0 Å². The number of aryl methyl sites for hydroxylation is 1. The number of thioether (sulfide) groups is 1. The number of aromatic nitrogens is 2. The summed E-state index contributed by atoms with van der Waals surface area (Å²) in [5, 5.41) is 4.54. The van der Waals surface area contributed by atoms with E-state index in [9.17, 15) is 0 Å². The maximum atomic E-state index is 5.67. The molecule has 0 saturated heterocycles. The molecule has 1 aromatic rings. The van der Waals surface area contributed by atoms with Crippen LogP contribution in [0.4, 0.5) is 0 Å². The quantitative estimate of drug-likeness (QED) is 0.796. The van der Waals surface area contributed by atoms with E-state index in [1.807, 2.05) is 18.7 Å². The molecule has 1 heterocycles. The van der Waals surface area contributed by atoms with Crippen LogP contribution in [0, 0.1) is 0 Å². The first-order valence-corrected chi connectivity index (χ1v) is 6.81. The van der Waals surface area contributed by atoms with E-state index in [1.54, 1.807) is 0 Å². The van der Waals surface area contributed by atoms with Crippen molar-refractivity contribution in [3.63, 3.8) is 0 Å². The Labute approximate surface area is 101 Å². The molecule has 5 heteroatoms. The molecule has 0 spiro atoms. The second kappa shape index (κ2) is 6.91. The third kappa shape index (κ3) is 5.51. The molecule has 0 radical (unpaired) electrons. The van der Waals surface area contributed by atoms with Gasteiger partial charge in [0.25, 0.3) is 0 Å². The highest BCUT2D eigenvalue weighted by Crippen LogP contribution is 2.15. The van der Waals surface area contributed by atoms with Gasteiger partial charge in [0, 0.05) is 12.5 Å². The van der Waals surface area contributed by atoms with Crippen molar-refractivity contribution >= 4 is 11.8 Å². The van der Waals surface area contributed by atoms with E-state index in [0.717, 1.165) is 36.7 Å². The van der Waals surface area contributed by atoms with Gasteiger partial charge in [-0.15, -0.1) is 0 Å². The molecule has 16 heavy (non-hydrogen) atoms. The monoisotopic (exact) mass is 243 g/mol. The summed E-state index contributed by atoms with van der Waals surface area (Å²) in [4.78, 5) is 4.34. The maximum Gasteiger partial charge on any atom is 0.226 e. The summed E-state index contributed by atoms with van der Waals surface area (Å²) in [6.07, 6.45) is 2.84. The molecule has 0 bridgehead atoms. The molecule has 0 aliphatic carbocycles. The minimum Gasteiger partial charge on any atom is -0.339 e. The minimum atomic E-state index is 0.249. The minimum absolute atomic E-state index is 0.249. The Balaban J connectivity index is 2.28. The van der Waals surface area contributed by atoms with Gasteiger partial charge in [0.05, 0.1) is 5.75 Å². The molecule has 0 aliphatic heterocycles. The van der Waals surface area contributed by atoms with Gasteiger partial charge in [0.15, 0.2) is 5.82 Å². The van der Waals surface area contributed by atoms with Gasteiger partial charge in [0.1, 0.15) is 0 Å². The molecule has 1 rings (SSSR count). The van der Waals surface area contributed by atoms with Crippen molar-refractivity contribution in [2.75, 3.05) is 0 Å². The normalized spacial score (nSPS) is 13.3. The molecule has 0 aliphatic rings. The van der Waals surface area contributed by atoms with Gasteiger partial charge in [-0.1, -0.05) is 19.0 Å². The molecule has 92 valence electrons. The van der Waals surface area contributed by atoms with Crippen LogP contribution in [0.15, 0.2) is 4.52 Å². The lowest BCUT2D eigenvalue weighted by atomic mass is 10.1. The van der Waals surface area contributed by atoms with Gasteiger partial charge in [0.2, 0.25) is 5.89 Å². The van der Waals surface area contributed by atoms with Crippen LogP contribution in [0.2, 0.25) is 0 Å². The summed E-state index contributed by atoms with van der Waals surface area (Å²) in [6.45, 7) is 6.33. The van der Waals surface area contributed by atoms with Crippen LogP contribution >= 0.6 is 11.8 Å². The maximum absolute atomic E-state index is 5.67. The zero-order valence-electron chi connectivity index (χ0n) is 10.3. The fourth-order valence-electron chi connectivity index (χ4n) is 1.27.